The molecule has 0 aliphatic heterocycles. The summed E-state index contributed by atoms with van der Waals surface area (Å²) in [5, 5.41) is 7.66. The van der Waals surface area contributed by atoms with Gasteiger partial charge in [-0.15, -0.1) is 11.3 Å². The third-order valence-corrected chi connectivity index (χ3v) is 4.63. The second-order valence-corrected chi connectivity index (χ2v) is 6.69. The number of nitrogens with one attached hydrogen (secondary N) is 2. The Morgan fingerprint density at radius 1 is 1.30 bits per heavy atom. The average molecular weight is 385 g/mol. The molecule has 2 aromatic heterocycles. The number of aryl methyl sites for hydroxylation is 1. The lowest BCUT2D eigenvalue weighted by Gasteiger charge is -2.08. The highest BCUT2D eigenvalue weighted by Gasteiger charge is 2.13. The highest BCUT2D eigenvalue weighted by Crippen LogP contribution is 2.19. The summed E-state index contributed by atoms with van der Waals surface area (Å²) >= 11 is 1.26. The molecule has 0 saturated carbocycles. The predicted octanol–water partition coefficient (Wildman–Crippen LogP) is 3.16. The highest BCUT2D eigenvalue weighted by molar-refractivity contribution is 7.14. The quantitative estimate of drug-likeness (QED) is 0.652. The second kappa shape index (κ2) is 8.50. The number of amides is 2. The van der Waals surface area contributed by atoms with Crippen molar-refractivity contribution in [2.45, 2.75) is 19.9 Å². The number of hydrogen-bond donors (Lipinski definition) is 2. The van der Waals surface area contributed by atoms with Crippen LogP contribution in [0.5, 0.6) is 5.75 Å². The molecular formula is C19H19N3O4S. The number of methoxy groups -OCH3 is 1. The molecule has 3 aromatic rings. The molecule has 2 N–H and O–H groups in total. The average Bonchev–Trinajstić information content (AvgIpc) is 3.33. The van der Waals surface area contributed by atoms with E-state index in [1.54, 1.807) is 24.6 Å². The maximum Gasteiger partial charge on any atom is 0.293 e. The largest absolute Gasteiger partial charge is 0.496 e. The number of nitrogens with zero attached hydrogens (tertiary/aromatic N) is 1. The first-order chi connectivity index (χ1) is 13.0. The zero-order valence-corrected chi connectivity index (χ0v) is 15.8. The van der Waals surface area contributed by atoms with Crippen molar-refractivity contribution in [3.63, 3.8) is 0 Å². The van der Waals surface area contributed by atoms with Crippen LogP contribution in [0.15, 0.2) is 46.4 Å². The van der Waals surface area contributed by atoms with Crippen molar-refractivity contribution < 1.29 is 18.7 Å². The van der Waals surface area contributed by atoms with Gasteiger partial charge in [-0.05, 0) is 36.2 Å². The van der Waals surface area contributed by atoms with Crippen LogP contribution in [0, 0.1) is 6.92 Å². The summed E-state index contributed by atoms with van der Waals surface area (Å²) in [6.07, 6.45) is 1.56. The van der Waals surface area contributed by atoms with Gasteiger partial charge in [0, 0.05) is 11.9 Å². The first-order valence-electron chi connectivity index (χ1n) is 8.24. The Labute approximate surface area is 160 Å². The molecule has 0 radical (unpaired) electrons. The van der Waals surface area contributed by atoms with Crippen LogP contribution in [0.1, 0.15) is 27.4 Å². The molecule has 0 fully saturated rings. The minimum Gasteiger partial charge on any atom is -0.496 e. The van der Waals surface area contributed by atoms with E-state index in [1.165, 1.54) is 17.6 Å². The molecule has 2 amide bonds. The molecule has 2 heterocycles. The van der Waals surface area contributed by atoms with Crippen LogP contribution in [-0.4, -0.2) is 23.9 Å². The molecule has 0 bridgehead atoms. The minimum atomic E-state index is -0.376. The molecule has 1 aromatic carbocycles. The molecule has 8 heteroatoms. The monoisotopic (exact) mass is 385 g/mol. The molecule has 0 saturated heterocycles. The van der Waals surface area contributed by atoms with Crippen molar-refractivity contribution in [2.75, 3.05) is 12.4 Å². The Hall–Kier alpha value is -3.13. The number of ether oxygens (including phenoxy) is 1. The van der Waals surface area contributed by atoms with Gasteiger partial charge in [0.05, 0.1) is 25.5 Å². The summed E-state index contributed by atoms with van der Waals surface area (Å²) in [7, 11) is 1.62. The molecule has 27 heavy (non-hydrogen) atoms. The van der Waals surface area contributed by atoms with Gasteiger partial charge in [-0.25, -0.2) is 4.98 Å². The fourth-order valence-electron chi connectivity index (χ4n) is 2.41. The Morgan fingerprint density at radius 3 is 2.89 bits per heavy atom. The lowest BCUT2D eigenvalue weighted by Crippen LogP contribution is -2.24. The van der Waals surface area contributed by atoms with E-state index in [2.05, 4.69) is 15.6 Å². The molecule has 3 rings (SSSR count). The molecular weight excluding hydrogens is 366 g/mol. The molecule has 7 nitrogen and oxygen atoms in total. The predicted molar refractivity (Wildman–Crippen MR) is 102 cm³/mol. The molecule has 140 valence electrons. The summed E-state index contributed by atoms with van der Waals surface area (Å²) in [6, 6.07) is 9.01. The van der Waals surface area contributed by atoms with E-state index in [-0.39, 0.29) is 24.0 Å². The summed E-state index contributed by atoms with van der Waals surface area (Å²) in [6.45, 7) is 2.37. The van der Waals surface area contributed by atoms with E-state index >= 15 is 0 Å². The highest BCUT2D eigenvalue weighted by atomic mass is 32.1. The maximum atomic E-state index is 12.1. The fraction of sp³-hybridized carbons (Fsp3) is 0.211. The van der Waals surface area contributed by atoms with E-state index in [1.807, 2.05) is 25.1 Å². The normalized spacial score (nSPS) is 10.4. The first-order valence-corrected chi connectivity index (χ1v) is 9.12. The van der Waals surface area contributed by atoms with Crippen molar-refractivity contribution in [3.8, 4) is 5.75 Å². The van der Waals surface area contributed by atoms with Crippen molar-refractivity contribution in [3.05, 3.63) is 64.6 Å². The number of furan rings is 1. The number of anilines is 1. The van der Waals surface area contributed by atoms with Gasteiger partial charge in [-0.3, -0.25) is 14.9 Å². The van der Waals surface area contributed by atoms with Crippen molar-refractivity contribution in [1.29, 1.82) is 0 Å². The Balaban J connectivity index is 1.51. The molecule has 0 aliphatic rings. The van der Waals surface area contributed by atoms with Crippen LogP contribution in [0.25, 0.3) is 0 Å². The van der Waals surface area contributed by atoms with Crippen molar-refractivity contribution >= 4 is 28.3 Å². The summed E-state index contributed by atoms with van der Waals surface area (Å²) in [5.74, 6) is 0.471. The van der Waals surface area contributed by atoms with Gasteiger partial charge < -0.3 is 14.5 Å². The molecule has 0 unspecified atom stereocenters. The van der Waals surface area contributed by atoms with Gasteiger partial charge >= 0.3 is 0 Å². The third-order valence-electron chi connectivity index (χ3n) is 3.82. The van der Waals surface area contributed by atoms with Gasteiger partial charge in [0.15, 0.2) is 10.9 Å². The number of thiazole rings is 1. The van der Waals surface area contributed by atoms with Gasteiger partial charge in [0.1, 0.15) is 5.75 Å². The van der Waals surface area contributed by atoms with Crippen LogP contribution >= 0.6 is 11.3 Å². The number of benzene rings is 1. The Bertz CT molecular complexity index is 934. The fourth-order valence-corrected chi connectivity index (χ4v) is 3.12. The van der Waals surface area contributed by atoms with Crippen molar-refractivity contribution in [1.82, 2.24) is 10.3 Å². The maximum absolute atomic E-state index is 12.1. The van der Waals surface area contributed by atoms with E-state index < -0.39 is 0 Å². The summed E-state index contributed by atoms with van der Waals surface area (Å²) in [5.41, 5.74) is 2.59. The third kappa shape index (κ3) is 4.95. The van der Waals surface area contributed by atoms with Gasteiger partial charge in [0.2, 0.25) is 5.91 Å². The standard InChI is InChI=1S/C19H19N3O4S/c1-12-5-6-13(8-16(12)25-2)10-20-17(23)9-14-11-27-19(21-14)22-18(24)15-4-3-7-26-15/h3-8,11H,9-10H2,1-2H3,(H,20,23)(H,21,22,24). The topological polar surface area (TPSA) is 93.5 Å². The lowest BCUT2D eigenvalue weighted by molar-refractivity contribution is -0.120. The number of carbonyl (C=O) groups excluding carboxylic acids is 2. The lowest BCUT2D eigenvalue weighted by atomic mass is 10.1. The van der Waals surface area contributed by atoms with Gasteiger partial charge in [-0.2, -0.15) is 0 Å². The smallest absolute Gasteiger partial charge is 0.293 e. The van der Waals surface area contributed by atoms with Gasteiger partial charge in [-0.1, -0.05) is 12.1 Å². The van der Waals surface area contributed by atoms with Crippen molar-refractivity contribution in [2.24, 2.45) is 0 Å². The van der Waals surface area contributed by atoms with E-state index in [0.29, 0.717) is 17.4 Å². The Kier molecular flexibility index (Phi) is 5.87. The first kappa shape index (κ1) is 18.7. The van der Waals surface area contributed by atoms with Crippen LogP contribution < -0.4 is 15.4 Å². The number of carbonyl (C=O) groups is 2. The molecule has 0 atom stereocenters. The van der Waals surface area contributed by atoms with Crippen LogP contribution in [0.2, 0.25) is 0 Å². The summed E-state index contributed by atoms with van der Waals surface area (Å²) < 4.78 is 10.3. The van der Waals surface area contributed by atoms with Crippen LogP contribution in [0.3, 0.4) is 0 Å². The van der Waals surface area contributed by atoms with E-state index in [9.17, 15) is 9.59 Å². The number of hydrogen-bond acceptors (Lipinski definition) is 6. The second-order valence-electron chi connectivity index (χ2n) is 5.83. The number of aromatic nitrogens is 1. The minimum absolute atomic E-state index is 0.135. The zero-order chi connectivity index (χ0) is 19.2. The van der Waals surface area contributed by atoms with Crippen LogP contribution in [0.4, 0.5) is 5.13 Å². The van der Waals surface area contributed by atoms with Gasteiger partial charge in [0.25, 0.3) is 5.91 Å². The van der Waals surface area contributed by atoms with Crippen LogP contribution in [-0.2, 0) is 17.8 Å². The Morgan fingerprint density at radius 2 is 2.15 bits per heavy atom. The molecule has 0 spiro atoms. The SMILES string of the molecule is COc1cc(CNC(=O)Cc2csc(NC(=O)c3ccco3)n2)ccc1C. The van der Waals surface area contributed by atoms with E-state index in [4.69, 9.17) is 9.15 Å². The number of rotatable bonds is 7. The van der Waals surface area contributed by atoms with E-state index in [0.717, 1.165) is 16.9 Å². The zero-order valence-electron chi connectivity index (χ0n) is 14.9. The molecule has 0 aliphatic carbocycles. The summed E-state index contributed by atoms with van der Waals surface area (Å²) in [4.78, 5) is 28.3.